The number of hydrogen-bond donors (Lipinski definition) is 9. The van der Waals surface area contributed by atoms with Gasteiger partial charge in [-0.3, -0.25) is 67.3 Å². The van der Waals surface area contributed by atoms with E-state index < -0.39 is 162 Å². The summed E-state index contributed by atoms with van der Waals surface area (Å²) < 4.78 is 22.3. The minimum atomic E-state index is -1.73. The summed E-state index contributed by atoms with van der Waals surface area (Å²) in [5.41, 5.74) is 13.0. The van der Waals surface area contributed by atoms with E-state index in [9.17, 15) is 72.5 Å². The quantitative estimate of drug-likeness (QED) is 0.0169. The van der Waals surface area contributed by atoms with Gasteiger partial charge in [-0.2, -0.15) is 0 Å². The zero-order chi connectivity index (χ0) is 79.5. The van der Waals surface area contributed by atoms with Crippen molar-refractivity contribution in [3.05, 3.63) is 88.1 Å². The molecule has 0 saturated carbocycles. The maximum atomic E-state index is 14.9. The van der Waals surface area contributed by atoms with Crippen molar-refractivity contribution in [2.24, 2.45) is 46.0 Å². The lowest BCUT2D eigenvalue weighted by atomic mass is 9.90. The molecule has 4 heterocycles. The number of carbonyl (C=O) groups excluding carboxylic acids is 12. The molecule has 0 aliphatic carbocycles. The van der Waals surface area contributed by atoms with Gasteiger partial charge >= 0.3 is 5.97 Å². The van der Waals surface area contributed by atoms with Gasteiger partial charge in [0.1, 0.15) is 29.9 Å². The molecule has 30 nitrogen and oxygen atoms in total. The number of carbonyl (C=O) groups is 13. The Bertz CT molecular complexity index is 3970. The summed E-state index contributed by atoms with van der Waals surface area (Å²) >= 11 is 6.21. The predicted octanol–water partition coefficient (Wildman–Crippen LogP) is 4.47. The van der Waals surface area contributed by atoms with Gasteiger partial charge in [-0.05, 0) is 125 Å². The number of aliphatic hydroxyl groups is 1. The number of carboxylic acid groups (broad SMARTS) is 1. The molecule has 8 amide bonds. The van der Waals surface area contributed by atoms with E-state index in [4.69, 9.17) is 41.7 Å². The molecule has 0 unspecified atom stereocenters. The summed E-state index contributed by atoms with van der Waals surface area (Å²) in [6.07, 6.45) is -1.94. The van der Waals surface area contributed by atoms with Crippen molar-refractivity contribution >= 4 is 105 Å². The average Bonchev–Trinajstić information content (AvgIpc) is 1.62. The summed E-state index contributed by atoms with van der Waals surface area (Å²) in [5.74, 6) is -12.5. The van der Waals surface area contributed by atoms with Crippen LogP contribution in [-0.2, 0) is 70.4 Å². The second-order valence-corrected chi connectivity index (χ2v) is 29.6. The topological polar surface area (TPSA) is 437 Å². The first-order chi connectivity index (χ1) is 51.1. The number of guanidine groups is 1. The number of nitrogens with zero attached hydrogens (tertiary/aromatic N) is 4. The molecule has 0 spiro atoms. The molecule has 3 fully saturated rings. The number of hydrogen-bond acceptors (Lipinski definition) is 19. The van der Waals surface area contributed by atoms with Gasteiger partial charge < -0.3 is 81.6 Å². The van der Waals surface area contributed by atoms with Crippen LogP contribution in [0.1, 0.15) is 153 Å². The SMILES string of the molecule is COc1ccc(C[C@H](NC(=O)[C@H](C)CC(=O)[C@H](CC(C)C)NC(=O)c2oc3c(OC)c(OC)ccc3c2C)C(=O)N2CCC[C@H]2C(=O)N[C@@H](CC(=O)O)C(=O)C[C@@H](C)C(=O)N[C@H](C(=O)N2C[C@H](O)C[C@H]2C(=O)N[C@@H](Cc2ccc(Cl)cc2)C(=O)C[C@@H](CCCN=C(N)N)C(=O)N2CCC[C@H]2C(C)=O)C(C)C)cc1. The van der Waals surface area contributed by atoms with Gasteiger partial charge in [0.25, 0.3) is 5.91 Å². The molecular formula is C77H104ClN11O19. The number of likely N-dealkylation sites (tertiary alicyclic amines) is 3. The molecule has 1 aromatic heterocycles. The highest BCUT2D eigenvalue weighted by Crippen LogP contribution is 2.40. The van der Waals surface area contributed by atoms with Crippen LogP contribution in [0, 0.1) is 36.5 Å². The molecule has 3 aromatic carbocycles. The van der Waals surface area contributed by atoms with E-state index >= 15 is 0 Å². The number of aliphatic imine (C=N–C) groups is 1. The largest absolute Gasteiger partial charge is 0.497 e. The lowest BCUT2D eigenvalue weighted by Crippen LogP contribution is -2.57. The number of Topliss-reactive ketones (excluding diaryl/α,β-unsaturated/α-hetero) is 4. The molecule has 31 heteroatoms. The number of fused-ring (bicyclic) bond motifs is 1. The molecule has 7 rings (SSSR count). The Balaban J connectivity index is 1.02. The zero-order valence-corrected chi connectivity index (χ0v) is 64.0. The second-order valence-electron chi connectivity index (χ2n) is 29.1. The lowest BCUT2D eigenvalue weighted by Gasteiger charge is -2.32. The van der Waals surface area contributed by atoms with Gasteiger partial charge in [-0.25, -0.2) is 0 Å². The number of aliphatic carboxylic acids is 1. The number of carboxylic acids is 1. The summed E-state index contributed by atoms with van der Waals surface area (Å²) in [7, 11) is 4.37. The zero-order valence-electron chi connectivity index (χ0n) is 63.2. The molecule has 3 aliphatic rings. The number of aryl methyl sites for hydroxylation is 1. The smallest absolute Gasteiger partial charge is 0.305 e. The monoisotopic (exact) mass is 1520 g/mol. The maximum Gasteiger partial charge on any atom is 0.305 e. The highest BCUT2D eigenvalue weighted by Gasteiger charge is 2.46. The van der Waals surface area contributed by atoms with Crippen LogP contribution in [0.25, 0.3) is 11.0 Å². The van der Waals surface area contributed by atoms with Crippen LogP contribution in [-0.4, -0.2) is 209 Å². The Morgan fingerprint density at radius 1 is 0.630 bits per heavy atom. The number of ketones is 4. The minimum absolute atomic E-state index is 0.0104. The number of benzene rings is 3. The fourth-order valence-electron chi connectivity index (χ4n) is 14.1. The number of rotatable bonds is 39. The van der Waals surface area contributed by atoms with Crippen molar-refractivity contribution in [1.82, 2.24) is 41.3 Å². The average molecular weight is 1520 g/mol. The standard InChI is InChI=1S/C77H104ClN11O19/c1-40(2)31-53(84-73(101)66-44(7)52-26-27-63(106-10)68(107-11)67(52)108-66)60(92)32-42(5)69(97)85-56(35-47-20-24-51(105-9)25-21-47)75(103)88-30-14-17-58(88)71(99)83-55(38-64(95)96)61(93)33-43(6)70(98)86-65(41(3)4)76(104)89-39-50(91)37-59(89)72(100)82-54(34-46-18-22-49(78)23-19-46)62(94)36-48(15-12-28-81-77(79)80)74(102)87-29-13-16-57(87)45(8)90/h18-27,40-43,48,50,53-59,65,91H,12-17,28-39H2,1-11H3,(H,82,100)(H,83,99)(H,84,101)(H,85,97)(H,86,98)(H,95,96)(H4,79,80,81)/t42-,43-,48-,50-,53+,54+,55+,56+,57+,58+,59+,65+/m1/s1. The third kappa shape index (κ3) is 22.6. The number of nitrogens with one attached hydrogen (secondary N) is 5. The molecule has 4 aromatic rings. The molecule has 3 aliphatic heterocycles. The van der Waals surface area contributed by atoms with Crippen LogP contribution in [0.5, 0.6) is 17.2 Å². The van der Waals surface area contributed by atoms with Crippen molar-refractivity contribution in [3.63, 3.8) is 0 Å². The number of amides is 8. The van der Waals surface area contributed by atoms with Gasteiger partial charge in [0.15, 0.2) is 46.2 Å². The van der Waals surface area contributed by atoms with E-state index in [1.54, 1.807) is 81.4 Å². The van der Waals surface area contributed by atoms with Crippen molar-refractivity contribution in [2.75, 3.05) is 47.5 Å². The number of ether oxygens (including phenoxy) is 3. The molecule has 3 saturated heterocycles. The predicted molar refractivity (Wildman–Crippen MR) is 398 cm³/mol. The van der Waals surface area contributed by atoms with Crippen LogP contribution in [0.2, 0.25) is 5.02 Å². The minimum Gasteiger partial charge on any atom is -0.497 e. The first kappa shape index (κ1) is 85.3. The summed E-state index contributed by atoms with van der Waals surface area (Å²) in [5, 5.41) is 35.8. The fourth-order valence-corrected chi connectivity index (χ4v) is 14.3. The first-order valence-corrected chi connectivity index (χ1v) is 37.0. The third-order valence-corrected chi connectivity index (χ3v) is 20.3. The van der Waals surface area contributed by atoms with Crippen LogP contribution in [0.4, 0.5) is 0 Å². The Morgan fingerprint density at radius 2 is 1.19 bits per heavy atom. The van der Waals surface area contributed by atoms with Crippen LogP contribution in [0.3, 0.4) is 0 Å². The van der Waals surface area contributed by atoms with Gasteiger partial charge in [0, 0.05) is 92.0 Å². The fraction of sp³-hybridized carbons (Fsp3) is 0.558. The molecule has 588 valence electrons. The molecular weight excluding hydrogens is 1420 g/mol. The van der Waals surface area contributed by atoms with E-state index in [1.165, 1.54) is 51.9 Å². The van der Waals surface area contributed by atoms with Crippen molar-refractivity contribution < 1.29 is 91.2 Å². The number of aliphatic hydroxyl groups excluding tert-OH is 1. The number of methoxy groups -OCH3 is 3. The van der Waals surface area contributed by atoms with Gasteiger partial charge in [-0.1, -0.05) is 77.4 Å². The van der Waals surface area contributed by atoms with Crippen LogP contribution in [0.15, 0.2) is 70.1 Å². The van der Waals surface area contributed by atoms with Gasteiger partial charge in [0.05, 0.1) is 58.0 Å². The Kier molecular flexibility index (Phi) is 31.0. The van der Waals surface area contributed by atoms with Gasteiger partial charge in [0.2, 0.25) is 47.1 Å². The Labute approximate surface area is 633 Å². The van der Waals surface area contributed by atoms with Crippen LogP contribution < -0.4 is 52.3 Å². The van der Waals surface area contributed by atoms with Crippen molar-refractivity contribution in [3.8, 4) is 17.2 Å². The summed E-state index contributed by atoms with van der Waals surface area (Å²) in [6.45, 7) is 13.0. The van der Waals surface area contributed by atoms with Crippen molar-refractivity contribution in [2.45, 2.75) is 200 Å². The molecule has 11 N–H and O–H groups in total. The Morgan fingerprint density at radius 3 is 1.77 bits per heavy atom. The molecule has 0 bridgehead atoms. The van der Waals surface area contributed by atoms with E-state index in [0.717, 1.165) is 4.90 Å². The highest BCUT2D eigenvalue weighted by molar-refractivity contribution is 6.30. The second kappa shape index (κ2) is 39.2. The molecule has 0 radical (unpaired) electrons. The van der Waals surface area contributed by atoms with E-state index in [2.05, 4.69) is 31.6 Å². The van der Waals surface area contributed by atoms with Gasteiger partial charge in [-0.15, -0.1) is 0 Å². The lowest BCUT2D eigenvalue weighted by molar-refractivity contribution is -0.144. The Hall–Kier alpha value is -9.97. The van der Waals surface area contributed by atoms with E-state index in [-0.39, 0.29) is 112 Å². The summed E-state index contributed by atoms with van der Waals surface area (Å²) in [6, 6.07) is 6.48. The van der Waals surface area contributed by atoms with Crippen LogP contribution >= 0.6 is 11.6 Å². The number of halogens is 1. The molecule has 108 heavy (non-hydrogen) atoms. The molecule has 12 atom stereocenters. The van der Waals surface area contributed by atoms with Crippen molar-refractivity contribution in [1.29, 1.82) is 0 Å². The third-order valence-electron chi connectivity index (χ3n) is 20.1. The number of nitrogens with two attached hydrogens (primary N) is 2. The first-order valence-electron chi connectivity index (χ1n) is 36.6. The summed E-state index contributed by atoms with van der Waals surface area (Å²) in [4.78, 5) is 192. The normalized spacial score (nSPS) is 18.5. The highest BCUT2D eigenvalue weighted by atomic mass is 35.5. The number of β-amino-alcohol motifs (C(OH)–C–C–N with tert-alkyl or cyclic N) is 1. The van der Waals surface area contributed by atoms with E-state index in [1.807, 2.05) is 13.8 Å². The number of furan rings is 1. The van der Waals surface area contributed by atoms with E-state index in [0.29, 0.717) is 64.4 Å². The maximum absolute atomic E-state index is 14.9.